The van der Waals surface area contributed by atoms with Gasteiger partial charge in [0.15, 0.2) is 0 Å². The number of amides is 1. The number of carbonyl (C=O) groups is 1. The summed E-state index contributed by atoms with van der Waals surface area (Å²) in [5.74, 6) is -0.882. The summed E-state index contributed by atoms with van der Waals surface area (Å²) >= 11 is 6.79. The summed E-state index contributed by atoms with van der Waals surface area (Å²) in [6.45, 7) is 1.09. The molecule has 2 heterocycles. The number of carbonyl (C=O) groups excluding carboxylic acids is 1. The fourth-order valence-electron chi connectivity index (χ4n) is 2.76. The van der Waals surface area contributed by atoms with Crippen LogP contribution in [-0.4, -0.2) is 31.7 Å². The molecule has 1 saturated heterocycles. The molecule has 1 N–H and O–H groups in total. The molecule has 2 aromatic rings. The first-order valence-electron chi connectivity index (χ1n) is 8.20. The summed E-state index contributed by atoms with van der Waals surface area (Å²) in [6.07, 6.45) is 2.84. The minimum absolute atomic E-state index is 0.0369. The van der Waals surface area contributed by atoms with Crippen LogP contribution in [0, 0.1) is 5.82 Å². The van der Waals surface area contributed by atoms with Gasteiger partial charge in [-0.25, -0.2) is 12.8 Å². The fraction of sp³-hybridized carbons (Fsp3) is 0.353. The highest BCUT2D eigenvalue weighted by Gasteiger charge is 2.27. The zero-order chi connectivity index (χ0) is 18.7. The van der Waals surface area contributed by atoms with Crippen molar-refractivity contribution in [1.82, 2.24) is 4.31 Å². The number of nitrogens with one attached hydrogen (secondary N) is 1. The second-order valence-electron chi connectivity index (χ2n) is 6.04. The third-order valence-corrected chi connectivity index (χ3v) is 7.83. The van der Waals surface area contributed by atoms with E-state index in [4.69, 9.17) is 11.6 Å². The molecule has 5 nitrogen and oxygen atoms in total. The largest absolute Gasteiger partial charge is 0.326 e. The van der Waals surface area contributed by atoms with Crippen LogP contribution in [0.25, 0.3) is 0 Å². The SMILES string of the molecule is O=C(Cc1ccc(S(=O)(=O)N2CCCCC2)s1)Nc1ccc(F)c(Cl)c1. The van der Waals surface area contributed by atoms with Crippen LogP contribution in [-0.2, 0) is 21.2 Å². The Bertz CT molecular complexity index is 908. The number of hydrogen-bond acceptors (Lipinski definition) is 4. The highest BCUT2D eigenvalue weighted by atomic mass is 35.5. The third-order valence-electron chi connectivity index (χ3n) is 4.08. The average Bonchev–Trinajstić information content (AvgIpc) is 3.08. The summed E-state index contributed by atoms with van der Waals surface area (Å²) in [5.41, 5.74) is 0.388. The maximum Gasteiger partial charge on any atom is 0.252 e. The first-order chi connectivity index (χ1) is 12.4. The number of benzene rings is 1. The average molecular weight is 417 g/mol. The first-order valence-corrected chi connectivity index (χ1v) is 10.8. The van der Waals surface area contributed by atoms with E-state index in [0.29, 0.717) is 23.7 Å². The van der Waals surface area contributed by atoms with Crippen molar-refractivity contribution < 1.29 is 17.6 Å². The Labute approximate surface area is 160 Å². The van der Waals surface area contributed by atoms with Gasteiger partial charge in [0, 0.05) is 23.7 Å². The molecule has 1 amide bonds. The van der Waals surface area contributed by atoms with Gasteiger partial charge < -0.3 is 5.32 Å². The number of thiophene rings is 1. The molecule has 0 radical (unpaired) electrons. The monoisotopic (exact) mass is 416 g/mol. The minimum Gasteiger partial charge on any atom is -0.326 e. The van der Waals surface area contributed by atoms with Gasteiger partial charge in [-0.15, -0.1) is 11.3 Å². The Morgan fingerprint density at radius 2 is 1.92 bits per heavy atom. The number of nitrogens with zero attached hydrogens (tertiary/aromatic N) is 1. The van der Waals surface area contributed by atoms with E-state index in [-0.39, 0.29) is 21.6 Å². The van der Waals surface area contributed by atoms with Crippen molar-refractivity contribution in [3.8, 4) is 0 Å². The van der Waals surface area contributed by atoms with Gasteiger partial charge in [-0.2, -0.15) is 4.31 Å². The van der Waals surface area contributed by atoms with E-state index in [1.807, 2.05) is 0 Å². The Hall–Kier alpha value is -1.48. The summed E-state index contributed by atoms with van der Waals surface area (Å²) < 4.78 is 40.2. The molecule has 26 heavy (non-hydrogen) atoms. The van der Waals surface area contributed by atoms with E-state index in [1.54, 1.807) is 12.1 Å². The Balaban J connectivity index is 1.65. The lowest BCUT2D eigenvalue weighted by Crippen LogP contribution is -2.35. The summed E-state index contributed by atoms with van der Waals surface area (Å²) in [6, 6.07) is 7.12. The molecule has 1 aromatic heterocycles. The van der Waals surface area contributed by atoms with Gasteiger partial charge in [0.2, 0.25) is 5.91 Å². The molecule has 140 valence electrons. The number of halogens is 2. The molecule has 1 fully saturated rings. The number of sulfonamides is 1. The van der Waals surface area contributed by atoms with E-state index in [1.165, 1.54) is 22.5 Å². The Kier molecular flexibility index (Phi) is 5.96. The molecule has 1 aliphatic heterocycles. The van der Waals surface area contributed by atoms with Crippen molar-refractivity contribution in [2.45, 2.75) is 29.9 Å². The van der Waals surface area contributed by atoms with Crippen LogP contribution < -0.4 is 5.32 Å². The second-order valence-corrected chi connectivity index (χ2v) is 9.78. The van der Waals surface area contributed by atoms with Crippen LogP contribution >= 0.6 is 22.9 Å². The van der Waals surface area contributed by atoms with E-state index in [0.717, 1.165) is 30.6 Å². The minimum atomic E-state index is -3.49. The van der Waals surface area contributed by atoms with Crippen molar-refractivity contribution in [2.24, 2.45) is 0 Å². The molecule has 1 aliphatic rings. The lowest BCUT2D eigenvalue weighted by atomic mass is 10.2. The number of anilines is 1. The molecule has 3 rings (SSSR count). The molecule has 0 spiro atoms. The predicted molar refractivity (Wildman–Crippen MR) is 101 cm³/mol. The van der Waals surface area contributed by atoms with Crippen LogP contribution in [0.5, 0.6) is 0 Å². The van der Waals surface area contributed by atoms with Crippen LogP contribution in [0.1, 0.15) is 24.1 Å². The molecule has 1 aromatic carbocycles. The van der Waals surface area contributed by atoms with Crippen LogP contribution in [0.2, 0.25) is 5.02 Å². The number of rotatable bonds is 5. The van der Waals surface area contributed by atoms with Gasteiger partial charge in [0.05, 0.1) is 11.4 Å². The number of hydrogen-bond donors (Lipinski definition) is 1. The highest BCUT2D eigenvalue weighted by Crippen LogP contribution is 2.27. The zero-order valence-electron chi connectivity index (χ0n) is 13.9. The van der Waals surface area contributed by atoms with Crippen LogP contribution in [0.3, 0.4) is 0 Å². The van der Waals surface area contributed by atoms with Crippen molar-refractivity contribution in [3.63, 3.8) is 0 Å². The Morgan fingerprint density at radius 3 is 2.62 bits per heavy atom. The van der Waals surface area contributed by atoms with Gasteiger partial charge in [-0.05, 0) is 43.2 Å². The van der Waals surface area contributed by atoms with Gasteiger partial charge in [0.25, 0.3) is 10.0 Å². The third kappa shape index (κ3) is 4.43. The molecule has 0 aliphatic carbocycles. The van der Waals surface area contributed by atoms with Crippen molar-refractivity contribution >= 4 is 44.6 Å². The molecule has 0 bridgehead atoms. The maximum absolute atomic E-state index is 13.1. The van der Waals surface area contributed by atoms with Gasteiger partial charge in [-0.1, -0.05) is 18.0 Å². The van der Waals surface area contributed by atoms with Gasteiger partial charge in [-0.3, -0.25) is 4.79 Å². The maximum atomic E-state index is 13.1. The van der Waals surface area contributed by atoms with Crippen LogP contribution in [0.15, 0.2) is 34.5 Å². The van der Waals surface area contributed by atoms with Crippen molar-refractivity contribution in [2.75, 3.05) is 18.4 Å². The van der Waals surface area contributed by atoms with E-state index >= 15 is 0 Å². The fourth-order valence-corrected chi connectivity index (χ4v) is 5.97. The standard InChI is InChI=1S/C17H18ClFN2O3S2/c18-14-10-12(4-6-15(14)19)20-16(22)11-13-5-7-17(25-13)26(23,24)21-8-2-1-3-9-21/h4-7,10H,1-3,8-9,11H2,(H,20,22). The quantitative estimate of drug-likeness (QED) is 0.803. The zero-order valence-corrected chi connectivity index (χ0v) is 16.3. The van der Waals surface area contributed by atoms with Gasteiger partial charge >= 0.3 is 0 Å². The summed E-state index contributed by atoms with van der Waals surface area (Å²) in [4.78, 5) is 12.8. The second kappa shape index (κ2) is 8.04. The first kappa shape index (κ1) is 19.3. The molecular weight excluding hydrogens is 399 g/mol. The molecular formula is C17H18ClFN2O3S2. The smallest absolute Gasteiger partial charge is 0.252 e. The summed E-state index contributed by atoms with van der Waals surface area (Å²) in [7, 11) is -3.49. The highest BCUT2D eigenvalue weighted by molar-refractivity contribution is 7.91. The van der Waals surface area contributed by atoms with Crippen molar-refractivity contribution in [3.05, 3.63) is 46.0 Å². The van der Waals surface area contributed by atoms with E-state index in [9.17, 15) is 17.6 Å². The Morgan fingerprint density at radius 1 is 1.19 bits per heavy atom. The van der Waals surface area contributed by atoms with E-state index in [2.05, 4.69) is 5.32 Å². The molecule has 0 saturated carbocycles. The molecule has 9 heteroatoms. The summed E-state index contributed by atoms with van der Waals surface area (Å²) in [5, 5.41) is 2.55. The number of piperidine rings is 1. The molecule has 0 atom stereocenters. The normalized spacial score (nSPS) is 15.8. The predicted octanol–water partition coefficient (Wildman–Crippen LogP) is 3.90. The molecule has 0 unspecified atom stereocenters. The van der Waals surface area contributed by atoms with Crippen molar-refractivity contribution in [1.29, 1.82) is 0 Å². The lowest BCUT2D eigenvalue weighted by Gasteiger charge is -2.25. The van der Waals surface area contributed by atoms with E-state index < -0.39 is 15.8 Å². The van der Waals surface area contributed by atoms with Gasteiger partial charge in [0.1, 0.15) is 10.0 Å². The topological polar surface area (TPSA) is 66.5 Å². The lowest BCUT2D eigenvalue weighted by molar-refractivity contribution is -0.115. The van der Waals surface area contributed by atoms with Crippen LogP contribution in [0.4, 0.5) is 10.1 Å².